The molecule has 4 rings (SSSR count). The molecule has 164 valence electrons. The second-order valence-electron chi connectivity index (χ2n) is 7.94. The molecule has 1 amide bonds. The van der Waals surface area contributed by atoms with E-state index in [4.69, 9.17) is 4.98 Å². The van der Waals surface area contributed by atoms with Crippen LogP contribution >= 0.6 is 23.1 Å². The van der Waals surface area contributed by atoms with Crippen LogP contribution in [0.1, 0.15) is 27.8 Å². The molecule has 1 N–H and O–H groups in total. The number of anilines is 1. The van der Waals surface area contributed by atoms with Crippen LogP contribution in [0, 0.1) is 27.7 Å². The molecule has 0 aliphatic rings. The van der Waals surface area contributed by atoms with Gasteiger partial charge in [-0.3, -0.25) is 14.2 Å². The summed E-state index contributed by atoms with van der Waals surface area (Å²) < 4.78 is 2.32. The highest BCUT2D eigenvalue weighted by Gasteiger charge is 2.16. The number of carbonyl (C=O) groups is 1. The zero-order valence-electron chi connectivity index (χ0n) is 18.6. The number of carbonyl (C=O) groups excluding carboxylic acids is 1. The maximum atomic E-state index is 13.2. The van der Waals surface area contributed by atoms with E-state index in [9.17, 15) is 9.59 Å². The van der Waals surface area contributed by atoms with Crippen LogP contribution in [-0.2, 0) is 11.3 Å². The van der Waals surface area contributed by atoms with Gasteiger partial charge in [0.2, 0.25) is 5.91 Å². The first kappa shape index (κ1) is 22.3. The fraction of sp³-hybridized carbons (Fsp3) is 0.240. The molecule has 4 aromatic rings. The molecular weight excluding hydrogens is 438 g/mol. The minimum atomic E-state index is -0.121. The Bertz CT molecular complexity index is 1350. The van der Waals surface area contributed by atoms with Crippen molar-refractivity contribution in [3.63, 3.8) is 0 Å². The Morgan fingerprint density at radius 3 is 2.50 bits per heavy atom. The van der Waals surface area contributed by atoms with Crippen molar-refractivity contribution in [3.05, 3.63) is 86.0 Å². The molecule has 0 fully saturated rings. The van der Waals surface area contributed by atoms with Crippen LogP contribution in [0.3, 0.4) is 0 Å². The summed E-state index contributed by atoms with van der Waals surface area (Å²) >= 11 is 2.69. The minimum absolute atomic E-state index is 0.0686. The number of thiophene rings is 1. The van der Waals surface area contributed by atoms with Crippen molar-refractivity contribution in [2.24, 2.45) is 0 Å². The van der Waals surface area contributed by atoms with Crippen molar-refractivity contribution in [2.45, 2.75) is 39.4 Å². The number of nitrogens with zero attached hydrogens (tertiary/aromatic N) is 2. The van der Waals surface area contributed by atoms with Crippen molar-refractivity contribution in [2.75, 3.05) is 11.1 Å². The van der Waals surface area contributed by atoms with Gasteiger partial charge in [-0.15, -0.1) is 11.3 Å². The summed E-state index contributed by atoms with van der Waals surface area (Å²) in [5, 5.41) is 5.43. The van der Waals surface area contributed by atoms with Crippen LogP contribution in [0.4, 0.5) is 5.69 Å². The van der Waals surface area contributed by atoms with Crippen LogP contribution in [0.5, 0.6) is 0 Å². The Labute approximate surface area is 195 Å². The Morgan fingerprint density at radius 2 is 1.78 bits per heavy atom. The maximum Gasteiger partial charge on any atom is 0.272 e. The molecule has 32 heavy (non-hydrogen) atoms. The number of aromatic nitrogens is 2. The highest BCUT2D eigenvalue weighted by atomic mass is 32.2. The molecule has 0 atom stereocenters. The number of fused-ring (bicyclic) bond motifs is 1. The zero-order chi connectivity index (χ0) is 22.8. The highest BCUT2D eigenvalue weighted by molar-refractivity contribution is 7.99. The number of thioether (sulfide) groups is 1. The number of hydrogen-bond acceptors (Lipinski definition) is 5. The zero-order valence-corrected chi connectivity index (χ0v) is 20.2. The topological polar surface area (TPSA) is 64.0 Å². The predicted octanol–water partition coefficient (Wildman–Crippen LogP) is 5.47. The summed E-state index contributed by atoms with van der Waals surface area (Å²) in [6.07, 6.45) is 0. The fourth-order valence-corrected chi connectivity index (χ4v) is 5.15. The lowest BCUT2D eigenvalue weighted by molar-refractivity contribution is -0.113. The van der Waals surface area contributed by atoms with Crippen LogP contribution in [0.2, 0.25) is 0 Å². The van der Waals surface area contributed by atoms with Crippen LogP contribution in [0.15, 0.2) is 57.8 Å². The van der Waals surface area contributed by atoms with E-state index in [1.807, 2.05) is 49.6 Å². The molecule has 0 aliphatic carbocycles. The van der Waals surface area contributed by atoms with Crippen molar-refractivity contribution >= 4 is 44.9 Å². The molecule has 0 saturated heterocycles. The Morgan fingerprint density at radius 1 is 1.03 bits per heavy atom. The first-order chi connectivity index (χ1) is 15.3. The van der Waals surface area contributed by atoms with Gasteiger partial charge >= 0.3 is 0 Å². The third-order valence-electron chi connectivity index (χ3n) is 5.52. The predicted molar refractivity (Wildman–Crippen MR) is 134 cm³/mol. The summed E-state index contributed by atoms with van der Waals surface area (Å²) in [6.45, 7) is 8.50. The lowest BCUT2D eigenvalue weighted by atomic mass is 10.1. The van der Waals surface area contributed by atoms with Gasteiger partial charge in [-0.25, -0.2) is 4.98 Å². The van der Waals surface area contributed by atoms with Crippen LogP contribution in [-0.4, -0.2) is 21.2 Å². The first-order valence-corrected chi connectivity index (χ1v) is 12.2. The lowest BCUT2D eigenvalue weighted by Gasteiger charge is -2.14. The molecular formula is C25H25N3O2S2. The van der Waals surface area contributed by atoms with E-state index in [-0.39, 0.29) is 17.2 Å². The molecule has 5 nitrogen and oxygen atoms in total. The van der Waals surface area contributed by atoms with E-state index in [1.54, 1.807) is 4.57 Å². The summed E-state index contributed by atoms with van der Waals surface area (Å²) in [5.74, 6) is 0.0489. The van der Waals surface area contributed by atoms with Crippen molar-refractivity contribution in [1.29, 1.82) is 0 Å². The molecule has 7 heteroatoms. The summed E-state index contributed by atoms with van der Waals surface area (Å²) in [6, 6.07) is 14.0. The van der Waals surface area contributed by atoms with Gasteiger partial charge in [-0.2, -0.15) is 0 Å². The van der Waals surface area contributed by atoms with Crippen molar-refractivity contribution < 1.29 is 4.79 Å². The quantitative estimate of drug-likeness (QED) is 0.304. The number of hydrogen-bond donors (Lipinski definition) is 1. The van der Waals surface area contributed by atoms with Gasteiger partial charge in [0.15, 0.2) is 5.16 Å². The second kappa shape index (κ2) is 9.30. The molecule has 0 spiro atoms. The summed E-state index contributed by atoms with van der Waals surface area (Å²) in [4.78, 5) is 30.6. The Hall–Kier alpha value is -2.90. The van der Waals surface area contributed by atoms with E-state index in [0.717, 1.165) is 22.4 Å². The number of benzene rings is 2. The SMILES string of the molecule is Cc1ccc(Cn2c(SCC(=O)Nc3c(C)cccc3C)nc3ccsc3c2=O)cc1C. The van der Waals surface area contributed by atoms with Crippen LogP contribution in [0.25, 0.3) is 10.2 Å². The largest absolute Gasteiger partial charge is 0.325 e. The number of aryl methyl sites for hydroxylation is 4. The smallest absolute Gasteiger partial charge is 0.272 e. The minimum Gasteiger partial charge on any atom is -0.325 e. The second-order valence-corrected chi connectivity index (χ2v) is 9.80. The number of amides is 1. The number of rotatable bonds is 6. The lowest BCUT2D eigenvalue weighted by Crippen LogP contribution is -2.24. The monoisotopic (exact) mass is 463 g/mol. The van der Waals surface area contributed by atoms with Crippen molar-refractivity contribution in [1.82, 2.24) is 9.55 Å². The van der Waals surface area contributed by atoms with Gasteiger partial charge < -0.3 is 5.32 Å². The fourth-order valence-electron chi connectivity index (χ4n) is 3.57. The van der Waals surface area contributed by atoms with Crippen molar-refractivity contribution in [3.8, 4) is 0 Å². The van der Waals surface area contributed by atoms with E-state index >= 15 is 0 Å². The first-order valence-electron chi connectivity index (χ1n) is 10.4. The van der Waals surface area contributed by atoms with E-state index in [0.29, 0.717) is 21.9 Å². The molecule has 0 aliphatic heterocycles. The van der Waals surface area contributed by atoms with Crippen LogP contribution < -0.4 is 10.9 Å². The Balaban J connectivity index is 1.61. The van der Waals surface area contributed by atoms with E-state index in [2.05, 4.69) is 31.3 Å². The molecule has 0 bridgehead atoms. The number of nitrogens with one attached hydrogen (secondary N) is 1. The molecule has 2 heterocycles. The molecule has 0 unspecified atom stereocenters. The van der Waals surface area contributed by atoms with E-state index < -0.39 is 0 Å². The maximum absolute atomic E-state index is 13.2. The summed E-state index contributed by atoms with van der Waals surface area (Å²) in [5.41, 5.74) is 6.92. The number of para-hydroxylation sites is 1. The molecule has 0 radical (unpaired) electrons. The average molecular weight is 464 g/mol. The third-order valence-corrected chi connectivity index (χ3v) is 7.39. The van der Waals surface area contributed by atoms with Gasteiger partial charge in [-0.05, 0) is 67.0 Å². The van der Waals surface area contributed by atoms with E-state index in [1.165, 1.54) is 34.2 Å². The normalized spacial score (nSPS) is 11.1. The standard InChI is InChI=1S/C25H25N3O2S2/c1-15-8-9-19(12-18(15)4)13-28-24(30)23-20(10-11-31-23)26-25(28)32-14-21(29)27-22-16(2)6-5-7-17(22)3/h5-12H,13-14H2,1-4H3,(H,27,29). The Kier molecular flexibility index (Phi) is 6.48. The highest BCUT2D eigenvalue weighted by Crippen LogP contribution is 2.24. The van der Waals surface area contributed by atoms with Gasteiger partial charge in [0.05, 0.1) is 17.8 Å². The van der Waals surface area contributed by atoms with Gasteiger partial charge in [-0.1, -0.05) is 48.2 Å². The summed E-state index contributed by atoms with van der Waals surface area (Å²) in [7, 11) is 0. The third kappa shape index (κ3) is 4.64. The molecule has 2 aromatic carbocycles. The molecule has 0 saturated carbocycles. The molecule has 2 aromatic heterocycles. The van der Waals surface area contributed by atoms with Gasteiger partial charge in [0.1, 0.15) is 4.70 Å². The van der Waals surface area contributed by atoms with Gasteiger partial charge in [0.25, 0.3) is 5.56 Å². The average Bonchev–Trinajstić information content (AvgIpc) is 3.23. The van der Waals surface area contributed by atoms with Gasteiger partial charge in [0, 0.05) is 5.69 Å².